The van der Waals surface area contributed by atoms with E-state index < -0.39 is 0 Å². The van der Waals surface area contributed by atoms with E-state index in [4.69, 9.17) is 16.0 Å². The Morgan fingerprint density at radius 1 is 1.43 bits per heavy atom. The van der Waals surface area contributed by atoms with Gasteiger partial charge in [0.15, 0.2) is 0 Å². The molecule has 2 heterocycles. The Labute approximate surface area is 139 Å². The van der Waals surface area contributed by atoms with Gasteiger partial charge < -0.3 is 14.6 Å². The van der Waals surface area contributed by atoms with Gasteiger partial charge in [0, 0.05) is 23.7 Å². The van der Waals surface area contributed by atoms with Crippen molar-refractivity contribution in [2.24, 2.45) is 5.92 Å². The van der Waals surface area contributed by atoms with Crippen molar-refractivity contribution in [3.8, 4) is 0 Å². The maximum atomic E-state index is 12.2. The molecule has 1 aliphatic heterocycles. The average Bonchev–Trinajstić information content (AvgIpc) is 3.17. The molecule has 1 aliphatic rings. The van der Waals surface area contributed by atoms with Gasteiger partial charge in [-0.1, -0.05) is 17.7 Å². The molecule has 1 aromatic carbocycles. The molecule has 0 spiro atoms. The van der Waals surface area contributed by atoms with Crippen LogP contribution in [0.4, 0.5) is 5.69 Å². The van der Waals surface area contributed by atoms with Crippen molar-refractivity contribution in [2.45, 2.75) is 19.9 Å². The number of rotatable bonds is 4. The lowest BCUT2D eigenvalue weighted by Crippen LogP contribution is -2.32. The summed E-state index contributed by atoms with van der Waals surface area (Å²) in [6.07, 6.45) is 1.76. The highest BCUT2D eigenvalue weighted by Crippen LogP contribution is 2.28. The standard InChI is InChI=1S/C17H17ClN2O3/c1-11-4-5-13(8-15(11)18)20-10-12(7-16(20)21)17(22)19-9-14-3-2-6-23-14/h2-6,8,12H,7,9-10H2,1H3,(H,19,22). The number of carbonyl (C=O) groups excluding carboxylic acids is 2. The van der Waals surface area contributed by atoms with Gasteiger partial charge in [0.25, 0.3) is 0 Å². The topological polar surface area (TPSA) is 62.6 Å². The largest absolute Gasteiger partial charge is 0.467 e. The molecule has 1 saturated heterocycles. The van der Waals surface area contributed by atoms with Crippen LogP contribution in [0.5, 0.6) is 0 Å². The Balaban J connectivity index is 1.64. The summed E-state index contributed by atoms with van der Waals surface area (Å²) in [6, 6.07) is 9.04. The number of furan rings is 1. The van der Waals surface area contributed by atoms with Crippen molar-refractivity contribution in [3.05, 3.63) is 52.9 Å². The molecule has 0 saturated carbocycles. The minimum Gasteiger partial charge on any atom is -0.467 e. The average molecular weight is 333 g/mol. The second-order valence-electron chi connectivity index (χ2n) is 5.64. The summed E-state index contributed by atoms with van der Waals surface area (Å²) in [4.78, 5) is 26.0. The van der Waals surface area contributed by atoms with Crippen molar-refractivity contribution in [2.75, 3.05) is 11.4 Å². The van der Waals surface area contributed by atoms with E-state index in [9.17, 15) is 9.59 Å². The number of anilines is 1. The Morgan fingerprint density at radius 2 is 2.26 bits per heavy atom. The Kier molecular flexibility index (Phi) is 4.39. The molecule has 6 heteroatoms. The van der Waals surface area contributed by atoms with Crippen molar-refractivity contribution in [1.29, 1.82) is 0 Å². The van der Waals surface area contributed by atoms with Crippen LogP contribution in [0.2, 0.25) is 5.02 Å². The lowest BCUT2D eigenvalue weighted by molar-refractivity contribution is -0.126. The summed E-state index contributed by atoms with van der Waals surface area (Å²) in [5.74, 6) is 0.112. The maximum absolute atomic E-state index is 12.2. The number of benzene rings is 1. The predicted octanol–water partition coefficient (Wildman–Crippen LogP) is 2.91. The highest BCUT2D eigenvalue weighted by molar-refractivity contribution is 6.31. The van der Waals surface area contributed by atoms with Gasteiger partial charge in [-0.3, -0.25) is 9.59 Å². The van der Waals surface area contributed by atoms with Crippen LogP contribution in [0.15, 0.2) is 41.0 Å². The summed E-state index contributed by atoms with van der Waals surface area (Å²) in [5, 5.41) is 3.41. The number of nitrogens with zero attached hydrogens (tertiary/aromatic N) is 1. The quantitative estimate of drug-likeness (QED) is 0.936. The molecule has 0 radical (unpaired) electrons. The first-order chi connectivity index (χ1) is 11.0. The molecule has 23 heavy (non-hydrogen) atoms. The van der Waals surface area contributed by atoms with Crippen molar-refractivity contribution in [3.63, 3.8) is 0 Å². The molecule has 1 atom stereocenters. The SMILES string of the molecule is Cc1ccc(N2CC(C(=O)NCc3ccco3)CC2=O)cc1Cl. The molecule has 120 valence electrons. The van der Waals surface area contributed by atoms with Crippen molar-refractivity contribution < 1.29 is 14.0 Å². The van der Waals surface area contributed by atoms with Gasteiger partial charge in [-0.15, -0.1) is 0 Å². The number of hydrogen-bond acceptors (Lipinski definition) is 3. The second-order valence-corrected chi connectivity index (χ2v) is 6.04. The molecule has 1 aromatic heterocycles. The minimum atomic E-state index is -0.363. The van der Waals surface area contributed by atoms with Gasteiger partial charge in [0.2, 0.25) is 11.8 Å². The van der Waals surface area contributed by atoms with Gasteiger partial charge >= 0.3 is 0 Å². The first kappa shape index (κ1) is 15.6. The number of amides is 2. The summed E-state index contributed by atoms with van der Waals surface area (Å²) in [6.45, 7) is 2.60. The van der Waals surface area contributed by atoms with Crippen LogP contribution in [0.25, 0.3) is 0 Å². The molecule has 2 aromatic rings. The lowest BCUT2D eigenvalue weighted by atomic mass is 10.1. The van der Waals surface area contributed by atoms with Gasteiger partial charge in [-0.25, -0.2) is 0 Å². The minimum absolute atomic E-state index is 0.0666. The van der Waals surface area contributed by atoms with Crippen molar-refractivity contribution >= 4 is 29.1 Å². The summed E-state index contributed by atoms with van der Waals surface area (Å²) in [7, 11) is 0. The highest BCUT2D eigenvalue weighted by Gasteiger charge is 2.35. The Morgan fingerprint density at radius 3 is 2.96 bits per heavy atom. The molecular formula is C17H17ClN2O3. The van der Waals surface area contributed by atoms with Crippen LogP contribution in [-0.4, -0.2) is 18.4 Å². The highest BCUT2D eigenvalue weighted by atomic mass is 35.5. The lowest BCUT2D eigenvalue weighted by Gasteiger charge is -2.17. The zero-order chi connectivity index (χ0) is 16.4. The second kappa shape index (κ2) is 6.46. The van der Waals surface area contributed by atoms with E-state index in [1.54, 1.807) is 29.4 Å². The van der Waals surface area contributed by atoms with Gasteiger partial charge in [-0.2, -0.15) is 0 Å². The number of hydrogen-bond donors (Lipinski definition) is 1. The molecule has 1 unspecified atom stereocenters. The third kappa shape index (κ3) is 3.40. The van der Waals surface area contributed by atoms with E-state index >= 15 is 0 Å². The van der Waals surface area contributed by atoms with Gasteiger partial charge in [-0.05, 0) is 36.8 Å². The molecule has 0 aliphatic carbocycles. The van der Waals surface area contributed by atoms with Crippen LogP contribution in [0.1, 0.15) is 17.7 Å². The zero-order valence-corrected chi connectivity index (χ0v) is 13.5. The Hall–Kier alpha value is -2.27. The number of aryl methyl sites for hydroxylation is 1. The normalized spacial score (nSPS) is 17.6. The molecule has 1 N–H and O–H groups in total. The first-order valence-electron chi connectivity index (χ1n) is 7.41. The molecule has 3 rings (SSSR count). The fourth-order valence-electron chi connectivity index (χ4n) is 2.61. The van der Waals surface area contributed by atoms with E-state index in [1.807, 2.05) is 19.1 Å². The monoisotopic (exact) mass is 332 g/mol. The number of carbonyl (C=O) groups is 2. The van der Waals surface area contributed by atoms with Crippen LogP contribution in [0.3, 0.4) is 0 Å². The third-order valence-corrected chi connectivity index (χ3v) is 4.39. The summed E-state index contributed by atoms with van der Waals surface area (Å²) >= 11 is 6.12. The van der Waals surface area contributed by atoms with Crippen LogP contribution in [-0.2, 0) is 16.1 Å². The van der Waals surface area contributed by atoms with Gasteiger partial charge in [0.05, 0.1) is 18.7 Å². The summed E-state index contributed by atoms with van der Waals surface area (Å²) < 4.78 is 5.18. The zero-order valence-electron chi connectivity index (χ0n) is 12.7. The van der Waals surface area contributed by atoms with E-state index in [0.29, 0.717) is 23.9 Å². The first-order valence-corrected chi connectivity index (χ1v) is 7.79. The van der Waals surface area contributed by atoms with E-state index in [0.717, 1.165) is 11.3 Å². The molecule has 0 bridgehead atoms. The van der Waals surface area contributed by atoms with Gasteiger partial charge in [0.1, 0.15) is 5.76 Å². The molecule has 2 amide bonds. The van der Waals surface area contributed by atoms with Crippen LogP contribution in [0, 0.1) is 12.8 Å². The van der Waals surface area contributed by atoms with E-state index in [2.05, 4.69) is 5.32 Å². The van der Waals surface area contributed by atoms with Crippen molar-refractivity contribution in [1.82, 2.24) is 5.32 Å². The van der Waals surface area contributed by atoms with Crippen LogP contribution >= 0.6 is 11.6 Å². The fourth-order valence-corrected chi connectivity index (χ4v) is 2.79. The smallest absolute Gasteiger partial charge is 0.227 e. The fraction of sp³-hybridized carbons (Fsp3) is 0.294. The molecule has 1 fully saturated rings. The number of halogens is 1. The van der Waals surface area contributed by atoms with E-state index in [1.165, 1.54) is 0 Å². The molecular weight excluding hydrogens is 316 g/mol. The molecule has 5 nitrogen and oxygen atoms in total. The van der Waals surface area contributed by atoms with Crippen LogP contribution < -0.4 is 10.2 Å². The number of nitrogens with one attached hydrogen (secondary N) is 1. The van der Waals surface area contributed by atoms with E-state index in [-0.39, 0.29) is 24.2 Å². The summed E-state index contributed by atoms with van der Waals surface area (Å²) in [5.41, 5.74) is 1.68. The predicted molar refractivity (Wildman–Crippen MR) is 87.2 cm³/mol. The maximum Gasteiger partial charge on any atom is 0.227 e. The Bertz CT molecular complexity index is 727. The third-order valence-electron chi connectivity index (χ3n) is 3.98.